The van der Waals surface area contributed by atoms with Crippen LogP contribution in [0.3, 0.4) is 0 Å². The lowest BCUT2D eigenvalue weighted by Crippen LogP contribution is -2.25. The number of fused-ring (bicyclic) bond motifs is 1. The van der Waals surface area contributed by atoms with Gasteiger partial charge in [0, 0.05) is 35.5 Å². The lowest BCUT2D eigenvalue weighted by Gasteiger charge is -2.25. The second-order valence-electron chi connectivity index (χ2n) is 11.0. The molecule has 1 atom stereocenters. The number of carboxylic acids is 2. The summed E-state index contributed by atoms with van der Waals surface area (Å²) in [6.45, 7) is 2.68. The quantitative estimate of drug-likeness (QED) is 0.167. The van der Waals surface area contributed by atoms with Crippen molar-refractivity contribution in [3.63, 3.8) is 0 Å². The topological polar surface area (TPSA) is 109 Å². The highest BCUT2D eigenvalue weighted by molar-refractivity contribution is 6.30. The Balaban J connectivity index is 0.000000340. The monoisotopic (exact) mass is 740 g/mol. The molecule has 2 N–H and O–H groups in total. The number of benzene rings is 3. The van der Waals surface area contributed by atoms with Crippen molar-refractivity contribution in [1.29, 1.82) is 0 Å². The third kappa shape index (κ3) is 10.4. The van der Waals surface area contributed by atoms with Gasteiger partial charge in [-0.15, -0.1) is 0 Å². The molecule has 1 saturated heterocycles. The molecule has 0 unspecified atom stereocenters. The average molecular weight is 742 g/mol. The Morgan fingerprint density at radius 3 is 1.74 bits per heavy atom. The summed E-state index contributed by atoms with van der Waals surface area (Å²) in [4.78, 5) is 29.7. The minimum atomic E-state index is -5.08. The van der Waals surface area contributed by atoms with Gasteiger partial charge in [0.2, 0.25) is 0 Å². The van der Waals surface area contributed by atoms with E-state index in [9.17, 15) is 26.3 Å². The molecule has 2 aromatic heterocycles. The Kier molecular flexibility index (Phi) is 12.5. The molecule has 1 aliphatic heterocycles. The highest BCUT2D eigenvalue weighted by Gasteiger charge is 2.39. The third-order valence-electron chi connectivity index (χ3n) is 7.49. The first kappa shape index (κ1) is 38.1. The van der Waals surface area contributed by atoms with Crippen LogP contribution >= 0.6 is 23.2 Å². The maximum atomic E-state index is 10.6. The van der Waals surface area contributed by atoms with Gasteiger partial charge in [0.15, 0.2) is 0 Å². The molecule has 16 heteroatoms. The van der Waals surface area contributed by atoms with Gasteiger partial charge in [-0.25, -0.2) is 14.6 Å². The fourth-order valence-electron chi connectivity index (χ4n) is 5.19. The van der Waals surface area contributed by atoms with Crippen LogP contribution < -0.4 is 0 Å². The number of carboxylic acid groups (broad SMARTS) is 2. The van der Waals surface area contributed by atoms with E-state index in [0.29, 0.717) is 0 Å². The first-order valence-electron chi connectivity index (χ1n) is 14.8. The van der Waals surface area contributed by atoms with Crippen molar-refractivity contribution in [2.75, 3.05) is 6.54 Å². The summed E-state index contributed by atoms with van der Waals surface area (Å²) in [7, 11) is 0. The number of likely N-dealkylation sites (tertiary alicyclic amines) is 1. The Labute approximate surface area is 291 Å². The number of alkyl halides is 6. The first-order chi connectivity index (χ1) is 23.5. The molecule has 1 fully saturated rings. The van der Waals surface area contributed by atoms with E-state index < -0.39 is 24.3 Å². The Morgan fingerprint density at radius 2 is 1.24 bits per heavy atom. The van der Waals surface area contributed by atoms with Crippen LogP contribution in [0.15, 0.2) is 91.3 Å². The molecule has 5 aromatic rings. The van der Waals surface area contributed by atoms with E-state index in [-0.39, 0.29) is 6.04 Å². The molecule has 8 nitrogen and oxygen atoms in total. The summed E-state index contributed by atoms with van der Waals surface area (Å²) >= 11 is 12.3. The largest absolute Gasteiger partial charge is 0.490 e. The smallest absolute Gasteiger partial charge is 0.475 e. The zero-order valence-corrected chi connectivity index (χ0v) is 27.3. The fourth-order valence-corrected chi connectivity index (χ4v) is 5.44. The summed E-state index contributed by atoms with van der Waals surface area (Å²) in [6, 6.07) is 27.2. The zero-order valence-electron chi connectivity index (χ0n) is 25.8. The predicted octanol–water partition coefficient (Wildman–Crippen LogP) is 9.06. The van der Waals surface area contributed by atoms with Crippen molar-refractivity contribution in [2.45, 2.75) is 44.3 Å². The van der Waals surface area contributed by atoms with Crippen molar-refractivity contribution >= 4 is 46.2 Å². The SMILES string of the molecule is Clc1ccc(CN2CCC[C@H]2c2nc3ccc(-c4ccncc4)cc3n2Cc2ccc(Cl)cc2)cc1.O=C(O)C(F)(F)F.O=C(O)C(F)(F)F. The van der Waals surface area contributed by atoms with Crippen molar-refractivity contribution in [2.24, 2.45) is 0 Å². The van der Waals surface area contributed by atoms with E-state index in [0.717, 1.165) is 70.5 Å². The molecule has 6 rings (SSSR count). The lowest BCUT2D eigenvalue weighted by atomic mass is 10.1. The molecule has 0 amide bonds. The summed E-state index contributed by atoms with van der Waals surface area (Å²) in [5, 5.41) is 15.8. The van der Waals surface area contributed by atoms with E-state index in [1.54, 1.807) is 0 Å². The zero-order chi connectivity index (χ0) is 36.6. The van der Waals surface area contributed by atoms with Crippen molar-refractivity contribution < 1.29 is 46.1 Å². The predicted molar refractivity (Wildman–Crippen MR) is 175 cm³/mol. The molecule has 0 aliphatic carbocycles. The van der Waals surface area contributed by atoms with Crippen LogP contribution in [0.1, 0.15) is 35.8 Å². The van der Waals surface area contributed by atoms with Gasteiger partial charge in [-0.05, 0) is 90.2 Å². The van der Waals surface area contributed by atoms with E-state index >= 15 is 0 Å². The van der Waals surface area contributed by atoms with Crippen molar-refractivity contribution in [3.8, 4) is 11.1 Å². The van der Waals surface area contributed by atoms with E-state index in [4.69, 9.17) is 48.0 Å². The Bertz CT molecular complexity index is 1880. The van der Waals surface area contributed by atoms with Crippen LogP contribution in [0.4, 0.5) is 26.3 Å². The maximum absolute atomic E-state index is 10.6. The molecule has 0 saturated carbocycles. The second kappa shape index (κ2) is 16.4. The summed E-state index contributed by atoms with van der Waals surface area (Å²) in [5.74, 6) is -4.39. The van der Waals surface area contributed by atoms with Gasteiger partial charge in [-0.3, -0.25) is 9.88 Å². The van der Waals surface area contributed by atoms with Gasteiger partial charge in [0.05, 0.1) is 17.1 Å². The number of hydrogen-bond donors (Lipinski definition) is 2. The number of imidazole rings is 1. The number of pyridine rings is 1. The summed E-state index contributed by atoms with van der Waals surface area (Å²) < 4.78 is 65.9. The van der Waals surface area contributed by atoms with E-state index in [1.807, 2.05) is 48.8 Å². The van der Waals surface area contributed by atoms with Gasteiger partial charge in [-0.2, -0.15) is 26.3 Å². The van der Waals surface area contributed by atoms with Gasteiger partial charge < -0.3 is 14.8 Å². The van der Waals surface area contributed by atoms with Gasteiger partial charge in [0.1, 0.15) is 5.82 Å². The number of hydrogen-bond acceptors (Lipinski definition) is 5. The lowest BCUT2D eigenvalue weighted by molar-refractivity contribution is -0.193. The molecule has 1 aliphatic rings. The molecular weight excluding hydrogens is 713 g/mol. The number of nitrogens with zero attached hydrogens (tertiary/aromatic N) is 4. The minimum Gasteiger partial charge on any atom is -0.475 e. The van der Waals surface area contributed by atoms with E-state index in [1.165, 1.54) is 11.1 Å². The number of aromatic nitrogens is 3. The van der Waals surface area contributed by atoms with E-state index in [2.05, 4.69) is 56.9 Å². The summed E-state index contributed by atoms with van der Waals surface area (Å²) in [5.41, 5.74) is 6.96. The first-order valence-corrected chi connectivity index (χ1v) is 15.5. The highest BCUT2D eigenvalue weighted by Crippen LogP contribution is 2.36. The molecule has 3 aromatic carbocycles. The standard InChI is InChI=1S/C30H26Cl2N4.2C2HF3O2/c31-25-8-3-21(4-9-25)19-35-17-1-2-28(35)30-34-27-12-7-24(23-13-15-33-16-14-23)18-29(27)36(30)20-22-5-10-26(32)11-6-22;2*3-2(4,5)1(6)7/h3-16,18,28H,1-2,17,19-20H2;2*(H,6,7)/t28-;;/m0../s1. The minimum absolute atomic E-state index is 0.254. The molecular formula is C34H28Cl2F6N4O4. The Hall–Kier alpha value is -4.66. The highest BCUT2D eigenvalue weighted by atomic mass is 35.5. The average Bonchev–Trinajstić information content (AvgIpc) is 3.67. The Morgan fingerprint density at radius 1 is 0.740 bits per heavy atom. The second-order valence-corrected chi connectivity index (χ2v) is 11.9. The van der Waals surface area contributed by atoms with Crippen LogP contribution in [0.2, 0.25) is 10.0 Å². The van der Waals surface area contributed by atoms with Gasteiger partial charge in [-0.1, -0.05) is 53.5 Å². The number of carbonyl (C=O) groups is 2. The molecule has 264 valence electrons. The van der Waals surface area contributed by atoms with Crippen LogP contribution in [-0.2, 0) is 22.7 Å². The normalized spacial score (nSPS) is 14.8. The molecule has 3 heterocycles. The van der Waals surface area contributed by atoms with Gasteiger partial charge >= 0.3 is 24.3 Å². The number of halogens is 8. The van der Waals surface area contributed by atoms with Crippen LogP contribution in [0.5, 0.6) is 0 Å². The van der Waals surface area contributed by atoms with Crippen LogP contribution in [0.25, 0.3) is 22.2 Å². The molecule has 0 bridgehead atoms. The molecule has 50 heavy (non-hydrogen) atoms. The maximum Gasteiger partial charge on any atom is 0.490 e. The number of aliphatic carboxylic acids is 2. The summed E-state index contributed by atoms with van der Waals surface area (Å²) in [6.07, 6.45) is -4.24. The van der Waals surface area contributed by atoms with Crippen LogP contribution in [-0.4, -0.2) is 60.5 Å². The fraction of sp³-hybridized carbons (Fsp3) is 0.235. The molecule has 0 spiro atoms. The van der Waals surface area contributed by atoms with Crippen molar-refractivity contribution in [1.82, 2.24) is 19.4 Å². The van der Waals surface area contributed by atoms with Crippen molar-refractivity contribution in [3.05, 3.63) is 118 Å². The van der Waals surface area contributed by atoms with Gasteiger partial charge in [0.25, 0.3) is 0 Å². The number of rotatable bonds is 6. The van der Waals surface area contributed by atoms with Crippen LogP contribution in [0, 0.1) is 0 Å². The third-order valence-corrected chi connectivity index (χ3v) is 7.99. The molecule has 0 radical (unpaired) electrons.